The van der Waals surface area contributed by atoms with Crippen LogP contribution < -0.4 is 14.8 Å². The molecule has 2 rings (SSSR count). The number of rotatable bonds is 7. The van der Waals surface area contributed by atoms with Crippen molar-refractivity contribution in [3.8, 4) is 5.75 Å². The van der Waals surface area contributed by atoms with Gasteiger partial charge in [0, 0.05) is 12.5 Å². The normalized spacial score (nSPS) is 11.1. The highest BCUT2D eigenvalue weighted by molar-refractivity contribution is 7.92. The molecule has 0 saturated heterocycles. The summed E-state index contributed by atoms with van der Waals surface area (Å²) in [6.07, 6.45) is 0.196. The fourth-order valence-corrected chi connectivity index (χ4v) is 3.16. The van der Waals surface area contributed by atoms with E-state index < -0.39 is 21.7 Å². The molecule has 0 aliphatic rings. The molecule has 0 unspecified atom stereocenters. The fourth-order valence-electron chi connectivity index (χ4n) is 2.07. The molecule has 0 spiro atoms. The number of anilines is 2. The minimum atomic E-state index is -4.16. The lowest BCUT2D eigenvalue weighted by Gasteiger charge is -2.14. The van der Waals surface area contributed by atoms with Crippen molar-refractivity contribution in [1.29, 1.82) is 0 Å². The van der Waals surface area contributed by atoms with E-state index in [0.717, 1.165) is 12.1 Å². The number of hydrogen-bond acceptors (Lipinski definition) is 4. The molecule has 0 aromatic heterocycles. The molecule has 1 amide bonds. The van der Waals surface area contributed by atoms with Crippen molar-refractivity contribution in [1.82, 2.24) is 0 Å². The number of amides is 1. The summed E-state index contributed by atoms with van der Waals surface area (Å²) in [5.74, 6) is -1.88. The zero-order chi connectivity index (χ0) is 19.3. The van der Waals surface area contributed by atoms with Gasteiger partial charge in [0.1, 0.15) is 17.4 Å². The van der Waals surface area contributed by atoms with E-state index in [1.807, 2.05) is 0 Å². The summed E-state index contributed by atoms with van der Waals surface area (Å²) in [6, 6.07) is 6.36. The second-order valence-electron chi connectivity index (χ2n) is 5.22. The molecular weight excluding hydrogens is 366 g/mol. The largest absolute Gasteiger partial charge is 0.492 e. The number of hydrogen-bond donors (Lipinski definition) is 2. The summed E-state index contributed by atoms with van der Waals surface area (Å²) in [4.78, 5) is 11.4. The molecule has 0 radical (unpaired) electrons. The average Bonchev–Trinajstić information content (AvgIpc) is 2.59. The predicted molar refractivity (Wildman–Crippen MR) is 93.7 cm³/mol. The smallest absolute Gasteiger partial charge is 0.262 e. The number of carbonyl (C=O) groups is 1. The van der Waals surface area contributed by atoms with Gasteiger partial charge in [0.15, 0.2) is 0 Å². The third-order valence-corrected chi connectivity index (χ3v) is 4.70. The molecule has 2 aromatic rings. The fraction of sp³-hybridized carbons (Fsp3) is 0.235. The molecule has 2 N–H and O–H groups in total. The molecule has 2 aromatic carbocycles. The van der Waals surface area contributed by atoms with Crippen molar-refractivity contribution in [2.75, 3.05) is 16.6 Å². The van der Waals surface area contributed by atoms with Gasteiger partial charge in [-0.3, -0.25) is 9.52 Å². The molecular formula is C17H18F2N2O4S. The first-order valence-corrected chi connectivity index (χ1v) is 9.29. The van der Waals surface area contributed by atoms with Gasteiger partial charge in [0.25, 0.3) is 10.0 Å². The molecule has 0 saturated carbocycles. The Morgan fingerprint density at radius 3 is 2.42 bits per heavy atom. The van der Waals surface area contributed by atoms with E-state index in [2.05, 4.69) is 10.0 Å². The standard InChI is InChI=1S/C17H18F2N2O4S/c1-3-17(22)20-15-10-12(6-8-16(15)25-4-2)26(23,24)21-14-7-5-11(18)9-13(14)19/h5-10,21H,3-4H2,1-2H3,(H,20,22). The first-order valence-electron chi connectivity index (χ1n) is 7.81. The molecule has 0 aliphatic heterocycles. The minimum Gasteiger partial charge on any atom is -0.492 e. The van der Waals surface area contributed by atoms with Crippen molar-refractivity contribution in [2.24, 2.45) is 0 Å². The third-order valence-electron chi connectivity index (χ3n) is 3.33. The van der Waals surface area contributed by atoms with Crippen molar-refractivity contribution < 1.29 is 26.7 Å². The molecule has 26 heavy (non-hydrogen) atoms. The van der Waals surface area contributed by atoms with Crippen molar-refractivity contribution >= 4 is 27.3 Å². The Labute approximate surface area is 150 Å². The summed E-state index contributed by atoms with van der Waals surface area (Å²) in [5, 5.41) is 2.56. The Hall–Kier alpha value is -2.68. The number of sulfonamides is 1. The molecule has 0 aliphatic carbocycles. The summed E-state index contributed by atoms with van der Waals surface area (Å²) in [7, 11) is -4.16. The van der Waals surface area contributed by atoms with Crippen LogP contribution in [0, 0.1) is 11.6 Å². The van der Waals surface area contributed by atoms with Crippen LogP contribution in [0.1, 0.15) is 20.3 Å². The highest BCUT2D eigenvalue weighted by Gasteiger charge is 2.19. The number of carbonyl (C=O) groups excluding carboxylic acids is 1. The maximum atomic E-state index is 13.7. The van der Waals surface area contributed by atoms with Gasteiger partial charge >= 0.3 is 0 Å². The maximum absolute atomic E-state index is 13.7. The van der Waals surface area contributed by atoms with E-state index in [1.165, 1.54) is 18.2 Å². The quantitative estimate of drug-likeness (QED) is 0.765. The topological polar surface area (TPSA) is 84.5 Å². The van der Waals surface area contributed by atoms with Gasteiger partial charge in [-0.05, 0) is 37.3 Å². The number of benzene rings is 2. The molecule has 0 bridgehead atoms. The highest BCUT2D eigenvalue weighted by atomic mass is 32.2. The molecule has 0 atom stereocenters. The van der Waals surface area contributed by atoms with Gasteiger partial charge in [0.2, 0.25) is 5.91 Å². The minimum absolute atomic E-state index is 0.182. The van der Waals surface area contributed by atoms with Crippen LogP contribution in [0.5, 0.6) is 5.75 Å². The van der Waals surface area contributed by atoms with Gasteiger partial charge in [-0.15, -0.1) is 0 Å². The third kappa shape index (κ3) is 4.69. The van der Waals surface area contributed by atoms with Crippen molar-refractivity contribution in [3.05, 3.63) is 48.0 Å². The van der Waals surface area contributed by atoms with E-state index in [0.29, 0.717) is 18.4 Å². The highest BCUT2D eigenvalue weighted by Crippen LogP contribution is 2.29. The Morgan fingerprint density at radius 1 is 1.08 bits per heavy atom. The first kappa shape index (κ1) is 19.6. The van der Waals surface area contributed by atoms with Gasteiger partial charge in [-0.1, -0.05) is 6.92 Å². The molecule has 0 fully saturated rings. The second kappa shape index (κ2) is 8.13. The average molecular weight is 384 g/mol. The zero-order valence-electron chi connectivity index (χ0n) is 14.2. The molecule has 140 valence electrons. The first-order chi connectivity index (χ1) is 12.3. The lowest BCUT2D eigenvalue weighted by Crippen LogP contribution is -2.16. The Morgan fingerprint density at radius 2 is 1.81 bits per heavy atom. The summed E-state index contributed by atoms with van der Waals surface area (Å²) < 4.78 is 59.1. The number of halogens is 2. The SMILES string of the molecule is CCOc1ccc(S(=O)(=O)Nc2ccc(F)cc2F)cc1NC(=O)CC. The van der Waals surface area contributed by atoms with Crippen LogP contribution in [0.25, 0.3) is 0 Å². The molecule has 6 nitrogen and oxygen atoms in total. The molecule has 9 heteroatoms. The number of nitrogens with one attached hydrogen (secondary N) is 2. The van der Waals surface area contributed by atoms with E-state index >= 15 is 0 Å². The van der Waals surface area contributed by atoms with Crippen molar-refractivity contribution in [3.63, 3.8) is 0 Å². The van der Waals surface area contributed by atoms with Crippen LogP contribution in [0.4, 0.5) is 20.2 Å². The lowest BCUT2D eigenvalue weighted by molar-refractivity contribution is -0.115. The Kier molecular flexibility index (Phi) is 6.14. The maximum Gasteiger partial charge on any atom is 0.262 e. The predicted octanol–water partition coefficient (Wildman–Crippen LogP) is 3.51. The van der Waals surface area contributed by atoms with Gasteiger partial charge < -0.3 is 10.1 Å². The van der Waals surface area contributed by atoms with Gasteiger partial charge in [-0.2, -0.15) is 0 Å². The van der Waals surface area contributed by atoms with Crippen molar-refractivity contribution in [2.45, 2.75) is 25.2 Å². The van der Waals surface area contributed by atoms with Crippen LogP contribution >= 0.6 is 0 Å². The van der Waals surface area contributed by atoms with E-state index in [9.17, 15) is 22.0 Å². The van der Waals surface area contributed by atoms with Gasteiger partial charge in [0.05, 0.1) is 22.9 Å². The lowest BCUT2D eigenvalue weighted by atomic mass is 10.3. The van der Waals surface area contributed by atoms with Crippen LogP contribution in [-0.4, -0.2) is 20.9 Å². The van der Waals surface area contributed by atoms with Crippen LogP contribution in [-0.2, 0) is 14.8 Å². The van der Waals surface area contributed by atoms with Gasteiger partial charge in [-0.25, -0.2) is 17.2 Å². The molecule has 0 heterocycles. The summed E-state index contributed by atoms with van der Waals surface area (Å²) in [6.45, 7) is 3.71. The zero-order valence-corrected chi connectivity index (χ0v) is 15.0. The second-order valence-corrected chi connectivity index (χ2v) is 6.90. The number of ether oxygens (including phenoxy) is 1. The van der Waals surface area contributed by atoms with E-state index in [-0.39, 0.29) is 28.6 Å². The Balaban J connectivity index is 2.38. The summed E-state index contributed by atoms with van der Waals surface area (Å²) >= 11 is 0. The van der Waals surface area contributed by atoms with E-state index in [4.69, 9.17) is 4.74 Å². The van der Waals surface area contributed by atoms with E-state index in [1.54, 1.807) is 13.8 Å². The van der Waals surface area contributed by atoms with Crippen LogP contribution in [0.2, 0.25) is 0 Å². The summed E-state index contributed by atoms with van der Waals surface area (Å²) in [5.41, 5.74) is -0.208. The Bertz CT molecular complexity index is 917. The van der Waals surface area contributed by atoms with Crippen LogP contribution in [0.15, 0.2) is 41.3 Å². The van der Waals surface area contributed by atoms with Crippen LogP contribution in [0.3, 0.4) is 0 Å². The monoisotopic (exact) mass is 384 g/mol.